The molecule has 1 fully saturated rings. The smallest absolute Gasteiger partial charge is 0.122 e. The molecule has 1 heterocycles. The van der Waals surface area contributed by atoms with E-state index in [0.717, 1.165) is 23.7 Å². The van der Waals surface area contributed by atoms with Crippen LogP contribution in [0.1, 0.15) is 37.1 Å². The van der Waals surface area contributed by atoms with Crippen LogP contribution in [0, 0.1) is 6.92 Å². The van der Waals surface area contributed by atoms with Crippen LogP contribution in [0.5, 0.6) is 5.75 Å². The summed E-state index contributed by atoms with van der Waals surface area (Å²) >= 11 is 6.11. The number of pyridine rings is 1. The minimum Gasteiger partial charge on any atom is -0.497 e. The molecular weight excluding hydrogens is 248 g/mol. The predicted molar refractivity (Wildman–Crippen MR) is 74.3 cm³/mol. The van der Waals surface area contributed by atoms with Gasteiger partial charge in [0.25, 0.3) is 0 Å². The Labute approximate surface area is 114 Å². The Kier molecular flexibility index (Phi) is 4.46. The maximum atomic E-state index is 6.11. The third-order valence-electron chi connectivity index (χ3n) is 3.68. The van der Waals surface area contributed by atoms with Crippen molar-refractivity contribution >= 4 is 11.6 Å². The van der Waals surface area contributed by atoms with Gasteiger partial charge in [-0.25, -0.2) is 0 Å². The lowest BCUT2D eigenvalue weighted by Gasteiger charge is -2.28. The molecule has 0 saturated heterocycles. The van der Waals surface area contributed by atoms with Crippen LogP contribution in [0.15, 0.2) is 12.1 Å². The molecule has 3 nitrogen and oxygen atoms in total. The quantitative estimate of drug-likeness (QED) is 0.834. The molecule has 0 radical (unpaired) electrons. The van der Waals surface area contributed by atoms with E-state index < -0.39 is 0 Å². The summed E-state index contributed by atoms with van der Waals surface area (Å²) < 4.78 is 5.27. The Morgan fingerprint density at radius 3 is 2.72 bits per heavy atom. The fraction of sp³-hybridized carbons (Fsp3) is 0.643. The van der Waals surface area contributed by atoms with Crippen molar-refractivity contribution in [2.45, 2.75) is 44.7 Å². The highest BCUT2D eigenvalue weighted by Crippen LogP contribution is 2.31. The first-order valence-corrected chi connectivity index (χ1v) is 7.03. The fourth-order valence-corrected chi connectivity index (χ4v) is 2.96. The standard InChI is InChI=1S/C14H21ClN2O/c1-11-7-13(18-2)8-12(17-11)9-16-14(10-15)5-3-4-6-14/h7-8,16H,3-6,9-10H2,1-2H3. The van der Waals surface area contributed by atoms with Crippen molar-refractivity contribution in [2.75, 3.05) is 13.0 Å². The normalized spacial score (nSPS) is 17.9. The molecule has 4 heteroatoms. The first-order valence-electron chi connectivity index (χ1n) is 6.50. The van der Waals surface area contributed by atoms with Gasteiger partial charge in [0.1, 0.15) is 5.75 Å². The number of alkyl halides is 1. The predicted octanol–water partition coefficient (Wildman–Crippen LogP) is 3.04. The Morgan fingerprint density at radius 1 is 1.39 bits per heavy atom. The van der Waals surface area contributed by atoms with Gasteiger partial charge in [-0.15, -0.1) is 11.6 Å². The molecule has 18 heavy (non-hydrogen) atoms. The largest absolute Gasteiger partial charge is 0.497 e. The van der Waals surface area contributed by atoms with Gasteiger partial charge in [0.15, 0.2) is 0 Å². The second kappa shape index (κ2) is 5.89. The highest BCUT2D eigenvalue weighted by Gasteiger charge is 2.32. The second-order valence-electron chi connectivity index (χ2n) is 5.11. The van der Waals surface area contributed by atoms with Crippen LogP contribution in [-0.2, 0) is 6.54 Å². The highest BCUT2D eigenvalue weighted by atomic mass is 35.5. The molecule has 0 amide bonds. The fourth-order valence-electron chi connectivity index (χ4n) is 2.60. The summed E-state index contributed by atoms with van der Waals surface area (Å²) in [5, 5.41) is 3.59. The maximum absolute atomic E-state index is 6.11. The molecule has 100 valence electrons. The van der Waals surface area contributed by atoms with Crippen molar-refractivity contribution in [3.8, 4) is 5.75 Å². The first kappa shape index (κ1) is 13.6. The molecule has 1 aromatic heterocycles. The Balaban J connectivity index is 2.03. The van der Waals surface area contributed by atoms with Crippen LogP contribution in [0.4, 0.5) is 0 Å². The molecule has 1 aliphatic carbocycles. The summed E-state index contributed by atoms with van der Waals surface area (Å²) in [4.78, 5) is 4.52. The number of aromatic nitrogens is 1. The molecule has 1 N–H and O–H groups in total. The van der Waals surface area contributed by atoms with Gasteiger partial charge in [0, 0.05) is 35.8 Å². The van der Waals surface area contributed by atoms with Gasteiger partial charge in [0.2, 0.25) is 0 Å². The third-order valence-corrected chi connectivity index (χ3v) is 4.19. The summed E-state index contributed by atoms with van der Waals surface area (Å²) in [6.07, 6.45) is 4.87. The van der Waals surface area contributed by atoms with E-state index in [1.807, 2.05) is 19.1 Å². The number of halogens is 1. The van der Waals surface area contributed by atoms with Crippen molar-refractivity contribution < 1.29 is 4.74 Å². The van der Waals surface area contributed by atoms with E-state index in [1.54, 1.807) is 7.11 Å². The van der Waals surface area contributed by atoms with Gasteiger partial charge in [-0.3, -0.25) is 4.98 Å². The molecule has 2 rings (SSSR count). The van der Waals surface area contributed by atoms with Gasteiger partial charge in [-0.1, -0.05) is 12.8 Å². The van der Waals surface area contributed by atoms with Gasteiger partial charge in [-0.05, 0) is 19.8 Å². The number of aryl methyl sites for hydroxylation is 1. The van der Waals surface area contributed by atoms with E-state index in [9.17, 15) is 0 Å². The number of hydrogen-bond donors (Lipinski definition) is 1. The van der Waals surface area contributed by atoms with Crippen molar-refractivity contribution in [2.24, 2.45) is 0 Å². The molecule has 1 aromatic rings. The number of rotatable bonds is 5. The minimum absolute atomic E-state index is 0.111. The Bertz CT molecular complexity index is 403. The van der Waals surface area contributed by atoms with E-state index in [0.29, 0.717) is 5.88 Å². The Hall–Kier alpha value is -0.800. The summed E-state index contributed by atoms with van der Waals surface area (Å²) in [6.45, 7) is 2.74. The molecule has 0 spiro atoms. The zero-order chi connectivity index (χ0) is 13.0. The van der Waals surface area contributed by atoms with Crippen LogP contribution < -0.4 is 10.1 Å². The average Bonchev–Trinajstić information content (AvgIpc) is 2.85. The van der Waals surface area contributed by atoms with Gasteiger partial charge >= 0.3 is 0 Å². The number of methoxy groups -OCH3 is 1. The van der Waals surface area contributed by atoms with Crippen LogP contribution in [0.2, 0.25) is 0 Å². The molecule has 0 aromatic carbocycles. The lowest BCUT2D eigenvalue weighted by atomic mass is 10.0. The number of nitrogens with zero attached hydrogens (tertiary/aromatic N) is 1. The maximum Gasteiger partial charge on any atom is 0.122 e. The van der Waals surface area contributed by atoms with Gasteiger partial charge < -0.3 is 10.1 Å². The van der Waals surface area contributed by atoms with E-state index >= 15 is 0 Å². The minimum atomic E-state index is 0.111. The first-order chi connectivity index (χ1) is 8.67. The summed E-state index contributed by atoms with van der Waals surface area (Å²) in [7, 11) is 1.68. The van der Waals surface area contributed by atoms with Crippen molar-refractivity contribution in [1.29, 1.82) is 0 Å². The molecular formula is C14H21ClN2O. The van der Waals surface area contributed by atoms with Crippen LogP contribution in [0.25, 0.3) is 0 Å². The zero-order valence-corrected chi connectivity index (χ0v) is 11.9. The van der Waals surface area contributed by atoms with Crippen molar-refractivity contribution in [1.82, 2.24) is 10.3 Å². The van der Waals surface area contributed by atoms with Crippen LogP contribution >= 0.6 is 11.6 Å². The number of ether oxygens (including phenoxy) is 1. The Morgan fingerprint density at radius 2 is 2.11 bits per heavy atom. The highest BCUT2D eigenvalue weighted by molar-refractivity contribution is 6.18. The monoisotopic (exact) mass is 268 g/mol. The molecule has 0 unspecified atom stereocenters. The molecule has 1 saturated carbocycles. The third kappa shape index (κ3) is 3.15. The SMILES string of the molecule is COc1cc(C)nc(CNC2(CCl)CCCC2)c1. The lowest BCUT2D eigenvalue weighted by molar-refractivity contribution is 0.364. The van der Waals surface area contributed by atoms with E-state index in [1.165, 1.54) is 25.7 Å². The van der Waals surface area contributed by atoms with Crippen molar-refractivity contribution in [3.05, 3.63) is 23.5 Å². The summed E-state index contributed by atoms with van der Waals surface area (Å²) in [5.74, 6) is 1.54. The average molecular weight is 269 g/mol. The number of nitrogens with one attached hydrogen (secondary N) is 1. The van der Waals surface area contributed by atoms with Crippen LogP contribution in [-0.4, -0.2) is 23.5 Å². The topological polar surface area (TPSA) is 34.1 Å². The van der Waals surface area contributed by atoms with Crippen LogP contribution in [0.3, 0.4) is 0 Å². The summed E-state index contributed by atoms with van der Waals surface area (Å²) in [5.41, 5.74) is 2.11. The van der Waals surface area contributed by atoms with Gasteiger partial charge in [-0.2, -0.15) is 0 Å². The zero-order valence-electron chi connectivity index (χ0n) is 11.1. The van der Waals surface area contributed by atoms with E-state index in [-0.39, 0.29) is 5.54 Å². The molecule has 1 aliphatic rings. The summed E-state index contributed by atoms with van der Waals surface area (Å²) in [6, 6.07) is 3.92. The molecule has 0 aliphatic heterocycles. The second-order valence-corrected chi connectivity index (χ2v) is 5.38. The molecule has 0 bridgehead atoms. The molecule has 0 atom stereocenters. The van der Waals surface area contributed by atoms with Gasteiger partial charge in [0.05, 0.1) is 12.8 Å². The van der Waals surface area contributed by atoms with E-state index in [2.05, 4.69) is 10.3 Å². The lowest BCUT2D eigenvalue weighted by Crippen LogP contribution is -2.44. The van der Waals surface area contributed by atoms with E-state index in [4.69, 9.17) is 16.3 Å². The number of hydrogen-bond acceptors (Lipinski definition) is 3. The van der Waals surface area contributed by atoms with Crippen molar-refractivity contribution in [3.63, 3.8) is 0 Å².